The van der Waals surface area contributed by atoms with Crippen LogP contribution in [0, 0.1) is 6.92 Å². The maximum atomic E-state index is 13.3. The highest BCUT2D eigenvalue weighted by molar-refractivity contribution is 6.35. The largest absolute Gasteiger partial charge is 0.473 e. The summed E-state index contributed by atoms with van der Waals surface area (Å²) in [6.07, 6.45) is 0.373. The molecule has 1 atom stereocenters. The van der Waals surface area contributed by atoms with Gasteiger partial charge in [0.1, 0.15) is 5.58 Å². The lowest BCUT2D eigenvalue weighted by Gasteiger charge is -2.16. The van der Waals surface area contributed by atoms with Gasteiger partial charge in [0.25, 0.3) is 5.91 Å². The molecule has 2 aromatic heterocycles. The van der Waals surface area contributed by atoms with Gasteiger partial charge in [-0.3, -0.25) is 9.59 Å². The average Bonchev–Trinajstić information content (AvgIpc) is 3.25. The Balaban J connectivity index is 1.73. The van der Waals surface area contributed by atoms with Gasteiger partial charge in [-0.25, -0.2) is 0 Å². The molecule has 0 bridgehead atoms. The Morgan fingerprint density at radius 1 is 1.09 bits per heavy atom. The highest BCUT2D eigenvalue weighted by Gasteiger charge is 2.25. The van der Waals surface area contributed by atoms with Gasteiger partial charge in [-0.05, 0) is 61.9 Å². The molecule has 9 heteroatoms. The fraction of sp³-hybridized carbons (Fsp3) is 0.130. The maximum Gasteiger partial charge on any atom is 0.265 e. The second kappa shape index (κ2) is 8.90. The third-order valence-electron chi connectivity index (χ3n) is 4.67. The number of hydrogen-bond donors (Lipinski definition) is 1. The van der Waals surface area contributed by atoms with E-state index in [0.717, 1.165) is 5.56 Å². The minimum atomic E-state index is -1.07. The van der Waals surface area contributed by atoms with Gasteiger partial charge < -0.3 is 18.9 Å². The van der Waals surface area contributed by atoms with Crippen molar-refractivity contribution in [1.82, 2.24) is 0 Å². The van der Waals surface area contributed by atoms with Gasteiger partial charge in [-0.2, -0.15) is 0 Å². The molecule has 0 saturated carbocycles. The monoisotopic (exact) mass is 491 g/mol. The second-order valence-corrected chi connectivity index (χ2v) is 8.35. The fourth-order valence-electron chi connectivity index (χ4n) is 3.08. The van der Waals surface area contributed by atoms with Crippen LogP contribution >= 0.6 is 34.8 Å². The number of anilines is 1. The third-order valence-corrected chi connectivity index (χ3v) is 5.51. The van der Waals surface area contributed by atoms with Gasteiger partial charge in [0.15, 0.2) is 11.9 Å². The molecular formula is C23H16Cl3NO5. The number of carbonyl (C=O) groups is 1. The summed E-state index contributed by atoms with van der Waals surface area (Å²) in [4.78, 5) is 26.0. The number of ether oxygens (including phenoxy) is 1. The van der Waals surface area contributed by atoms with E-state index < -0.39 is 17.4 Å². The molecule has 1 unspecified atom stereocenters. The summed E-state index contributed by atoms with van der Waals surface area (Å²) < 4.78 is 17.1. The Bertz CT molecular complexity index is 1360. The van der Waals surface area contributed by atoms with E-state index in [1.165, 1.54) is 19.3 Å². The van der Waals surface area contributed by atoms with E-state index in [-0.39, 0.29) is 22.7 Å². The highest BCUT2D eigenvalue weighted by Crippen LogP contribution is 2.33. The predicted molar refractivity (Wildman–Crippen MR) is 125 cm³/mol. The number of rotatable bonds is 5. The summed E-state index contributed by atoms with van der Waals surface area (Å²) in [5.74, 6) is -0.338. The van der Waals surface area contributed by atoms with Crippen molar-refractivity contribution >= 4 is 57.4 Å². The van der Waals surface area contributed by atoms with Crippen LogP contribution in [0.2, 0.25) is 15.1 Å². The Morgan fingerprint density at radius 3 is 2.47 bits per heavy atom. The smallest absolute Gasteiger partial charge is 0.265 e. The van der Waals surface area contributed by atoms with Crippen molar-refractivity contribution in [3.05, 3.63) is 79.6 Å². The molecule has 0 radical (unpaired) electrons. The van der Waals surface area contributed by atoms with E-state index in [1.807, 2.05) is 0 Å². The summed E-state index contributed by atoms with van der Waals surface area (Å²) in [6.45, 7) is 3.30. The van der Waals surface area contributed by atoms with Crippen LogP contribution in [0.15, 0.2) is 62.4 Å². The molecule has 0 aliphatic carbocycles. The molecule has 1 N–H and O–H groups in total. The molecule has 164 valence electrons. The number of carbonyl (C=O) groups excluding carboxylic acids is 1. The Kier molecular flexibility index (Phi) is 6.20. The molecule has 0 saturated heterocycles. The number of halogens is 3. The summed E-state index contributed by atoms with van der Waals surface area (Å²) in [5.41, 5.74) is 0.975. The molecule has 0 aliphatic rings. The molecule has 2 heterocycles. The van der Waals surface area contributed by atoms with Crippen molar-refractivity contribution < 1.29 is 18.4 Å². The quantitative estimate of drug-likeness (QED) is 0.334. The van der Waals surface area contributed by atoms with Crippen LogP contribution in [0.3, 0.4) is 0 Å². The first-order valence-electron chi connectivity index (χ1n) is 9.47. The maximum absolute atomic E-state index is 13.3. The predicted octanol–water partition coefficient (Wildman–Crippen LogP) is 6.73. The number of nitrogens with one attached hydrogen (secondary N) is 1. The zero-order valence-electron chi connectivity index (χ0n) is 16.9. The molecule has 0 aliphatic heterocycles. The zero-order valence-corrected chi connectivity index (χ0v) is 19.1. The lowest BCUT2D eigenvalue weighted by Crippen LogP contribution is -2.31. The van der Waals surface area contributed by atoms with Crippen LogP contribution in [0.1, 0.15) is 12.5 Å². The number of amides is 1. The third kappa shape index (κ3) is 4.48. The molecule has 4 aromatic rings. The first-order valence-corrected chi connectivity index (χ1v) is 10.6. The Morgan fingerprint density at radius 2 is 1.81 bits per heavy atom. The molecule has 0 fully saturated rings. The van der Waals surface area contributed by atoms with Crippen LogP contribution in [0.4, 0.5) is 5.69 Å². The fourth-order valence-corrected chi connectivity index (χ4v) is 3.77. The minimum Gasteiger partial charge on any atom is -0.473 e. The van der Waals surface area contributed by atoms with Crippen LogP contribution in [0.25, 0.3) is 22.5 Å². The van der Waals surface area contributed by atoms with E-state index in [0.29, 0.717) is 26.3 Å². The molecule has 6 nitrogen and oxygen atoms in total. The summed E-state index contributed by atoms with van der Waals surface area (Å²) >= 11 is 18.2. The average molecular weight is 493 g/mol. The summed E-state index contributed by atoms with van der Waals surface area (Å²) in [7, 11) is 0. The number of hydrogen-bond acceptors (Lipinski definition) is 5. The SMILES string of the molecule is Cc1cc2oc(-c3ccco3)c(OC(C)C(=O)Nc3cc(Cl)cc(Cl)c3)c(=O)c2cc1Cl. The molecule has 0 spiro atoms. The lowest BCUT2D eigenvalue weighted by atomic mass is 10.1. The zero-order chi connectivity index (χ0) is 23.0. The van der Waals surface area contributed by atoms with Gasteiger partial charge in [-0.15, -0.1) is 0 Å². The molecule has 4 rings (SSSR count). The Hall–Kier alpha value is -2.93. The van der Waals surface area contributed by atoms with Gasteiger partial charge in [0.2, 0.25) is 16.9 Å². The van der Waals surface area contributed by atoms with Crippen LogP contribution in [-0.4, -0.2) is 12.0 Å². The van der Waals surface area contributed by atoms with E-state index in [9.17, 15) is 9.59 Å². The first kappa shape index (κ1) is 22.3. The van der Waals surface area contributed by atoms with Crippen molar-refractivity contribution in [2.45, 2.75) is 20.0 Å². The van der Waals surface area contributed by atoms with Crippen molar-refractivity contribution in [3.8, 4) is 17.3 Å². The van der Waals surface area contributed by atoms with Crippen LogP contribution in [-0.2, 0) is 4.79 Å². The second-order valence-electron chi connectivity index (χ2n) is 7.07. The Labute approximate surface area is 197 Å². The first-order chi connectivity index (χ1) is 15.2. The number of fused-ring (bicyclic) bond motifs is 1. The summed E-state index contributed by atoms with van der Waals surface area (Å²) in [6, 6.07) is 11.1. The van der Waals surface area contributed by atoms with E-state index in [4.69, 9.17) is 48.4 Å². The van der Waals surface area contributed by atoms with Crippen molar-refractivity contribution in [3.63, 3.8) is 0 Å². The van der Waals surface area contributed by atoms with E-state index in [2.05, 4.69) is 5.32 Å². The van der Waals surface area contributed by atoms with Gasteiger partial charge in [-0.1, -0.05) is 34.8 Å². The van der Waals surface area contributed by atoms with E-state index in [1.54, 1.807) is 43.3 Å². The normalized spacial score (nSPS) is 12.0. The van der Waals surface area contributed by atoms with E-state index >= 15 is 0 Å². The van der Waals surface area contributed by atoms with Crippen molar-refractivity contribution in [1.29, 1.82) is 0 Å². The van der Waals surface area contributed by atoms with Crippen LogP contribution < -0.4 is 15.5 Å². The van der Waals surface area contributed by atoms with Crippen LogP contribution in [0.5, 0.6) is 5.75 Å². The molecular weight excluding hydrogens is 477 g/mol. The number of furan rings is 1. The summed E-state index contributed by atoms with van der Waals surface area (Å²) in [5, 5.41) is 4.02. The van der Waals surface area contributed by atoms with Gasteiger partial charge in [0.05, 0.1) is 11.6 Å². The molecule has 32 heavy (non-hydrogen) atoms. The molecule has 2 aromatic carbocycles. The highest BCUT2D eigenvalue weighted by atomic mass is 35.5. The van der Waals surface area contributed by atoms with Gasteiger partial charge in [0, 0.05) is 20.8 Å². The van der Waals surface area contributed by atoms with Gasteiger partial charge >= 0.3 is 0 Å². The molecule has 1 amide bonds. The lowest BCUT2D eigenvalue weighted by molar-refractivity contribution is -0.122. The standard InChI is InChI=1S/C23H16Cl3NO5/c1-11-6-19-16(10-17(11)26)20(28)22(21(32-19)18-4-3-5-30-18)31-12(2)23(29)27-15-8-13(24)7-14(25)9-15/h3-10,12H,1-2H3,(H,27,29). The number of benzene rings is 2. The number of aryl methyl sites for hydroxylation is 1. The minimum absolute atomic E-state index is 0.0691. The topological polar surface area (TPSA) is 81.7 Å². The van der Waals surface area contributed by atoms with Crippen molar-refractivity contribution in [2.24, 2.45) is 0 Å². The van der Waals surface area contributed by atoms with Crippen molar-refractivity contribution in [2.75, 3.05) is 5.32 Å².